The van der Waals surface area contributed by atoms with Crippen molar-refractivity contribution < 1.29 is 27.2 Å². The van der Waals surface area contributed by atoms with Gasteiger partial charge in [-0.25, -0.2) is 9.82 Å². The average Bonchev–Trinajstić information content (AvgIpc) is 2.72. The van der Waals surface area contributed by atoms with E-state index in [0.717, 1.165) is 30.5 Å². The predicted molar refractivity (Wildman–Crippen MR) is 113 cm³/mol. The molecule has 5 nitrogen and oxygen atoms in total. The summed E-state index contributed by atoms with van der Waals surface area (Å²) in [5, 5.41) is 6.26. The summed E-state index contributed by atoms with van der Waals surface area (Å²) in [5.41, 5.74) is 1.28. The lowest BCUT2D eigenvalue weighted by Gasteiger charge is -2.17. The first-order valence-corrected chi connectivity index (χ1v) is 10.6. The van der Waals surface area contributed by atoms with E-state index in [4.69, 9.17) is 11.6 Å². The van der Waals surface area contributed by atoms with Crippen LogP contribution in [0.4, 0.5) is 17.6 Å². The molecule has 166 valence electrons. The summed E-state index contributed by atoms with van der Waals surface area (Å²) in [6, 6.07) is 6.68. The van der Waals surface area contributed by atoms with Gasteiger partial charge in [0.25, 0.3) is 11.8 Å². The van der Waals surface area contributed by atoms with Gasteiger partial charge >= 0.3 is 6.18 Å². The third kappa shape index (κ3) is 7.25. The smallest absolute Gasteiger partial charge is 0.340 e. The van der Waals surface area contributed by atoms with Crippen molar-refractivity contribution in [1.29, 1.82) is 0 Å². The molecule has 2 amide bonds. The van der Waals surface area contributed by atoms with Gasteiger partial charge < -0.3 is 5.32 Å². The number of rotatable bonds is 8. The minimum atomic E-state index is -4.52. The van der Waals surface area contributed by atoms with Crippen molar-refractivity contribution in [2.45, 2.75) is 18.6 Å². The van der Waals surface area contributed by atoms with E-state index in [1.807, 2.05) is 6.26 Å². The molecule has 0 saturated carbocycles. The lowest BCUT2D eigenvalue weighted by Crippen LogP contribution is -2.45. The second-order valence-corrected chi connectivity index (χ2v) is 7.65. The molecule has 1 atom stereocenters. The molecule has 0 aliphatic carbocycles. The van der Waals surface area contributed by atoms with Crippen molar-refractivity contribution in [3.05, 3.63) is 70.0 Å². The number of hydrogen-bond acceptors (Lipinski definition) is 4. The maximum atomic E-state index is 13.7. The van der Waals surface area contributed by atoms with Crippen molar-refractivity contribution in [3.63, 3.8) is 0 Å². The van der Waals surface area contributed by atoms with Crippen LogP contribution in [0.1, 0.15) is 27.9 Å². The highest BCUT2D eigenvalue weighted by atomic mass is 35.5. The van der Waals surface area contributed by atoms with Crippen LogP contribution in [0.5, 0.6) is 0 Å². The van der Waals surface area contributed by atoms with Gasteiger partial charge in [-0.2, -0.15) is 30.0 Å². The Morgan fingerprint density at radius 1 is 1.19 bits per heavy atom. The Bertz CT molecular complexity index is 932. The van der Waals surface area contributed by atoms with Gasteiger partial charge in [0.15, 0.2) is 0 Å². The van der Waals surface area contributed by atoms with E-state index in [0.29, 0.717) is 5.75 Å². The third-order valence-corrected chi connectivity index (χ3v) is 5.05. The molecule has 0 aliphatic heterocycles. The number of thioether (sulfide) groups is 1. The molecule has 0 aromatic heterocycles. The SMILES string of the molecule is CSCCC(NC(=O)c1ccc(C(F)(F)F)cc1)C(=O)N/N=C\c1c(F)cccc1Cl. The third-order valence-electron chi connectivity index (χ3n) is 4.07. The zero-order valence-corrected chi connectivity index (χ0v) is 17.7. The average molecular weight is 476 g/mol. The van der Waals surface area contributed by atoms with E-state index in [-0.39, 0.29) is 22.6 Å². The highest BCUT2D eigenvalue weighted by molar-refractivity contribution is 7.98. The Labute approximate surface area is 185 Å². The Morgan fingerprint density at radius 3 is 2.45 bits per heavy atom. The summed E-state index contributed by atoms with van der Waals surface area (Å²) in [7, 11) is 0. The van der Waals surface area contributed by atoms with Crippen molar-refractivity contribution in [1.82, 2.24) is 10.7 Å². The first kappa shape index (κ1) is 24.7. The fraction of sp³-hybridized carbons (Fsp3) is 0.250. The van der Waals surface area contributed by atoms with Crippen molar-refractivity contribution in [2.24, 2.45) is 5.10 Å². The Kier molecular flexibility index (Phi) is 8.88. The molecule has 0 heterocycles. The molecule has 31 heavy (non-hydrogen) atoms. The van der Waals surface area contributed by atoms with Crippen LogP contribution in [-0.4, -0.2) is 36.1 Å². The monoisotopic (exact) mass is 475 g/mol. The van der Waals surface area contributed by atoms with E-state index in [1.165, 1.54) is 30.0 Å². The zero-order valence-electron chi connectivity index (χ0n) is 16.2. The van der Waals surface area contributed by atoms with Gasteiger partial charge in [-0.15, -0.1) is 0 Å². The second-order valence-electron chi connectivity index (χ2n) is 6.25. The second kappa shape index (κ2) is 11.1. The predicted octanol–water partition coefficient (Wildman–Crippen LogP) is 4.50. The maximum absolute atomic E-state index is 13.7. The number of benzene rings is 2. The molecule has 0 radical (unpaired) electrons. The number of amides is 2. The minimum Gasteiger partial charge on any atom is -0.340 e. The van der Waals surface area contributed by atoms with Gasteiger partial charge in [0.1, 0.15) is 11.9 Å². The van der Waals surface area contributed by atoms with Gasteiger partial charge in [-0.3, -0.25) is 9.59 Å². The quantitative estimate of drug-likeness (QED) is 0.335. The lowest BCUT2D eigenvalue weighted by atomic mass is 10.1. The Hall–Kier alpha value is -2.59. The van der Waals surface area contributed by atoms with Gasteiger partial charge in [-0.1, -0.05) is 17.7 Å². The molecule has 2 rings (SSSR count). The fourth-order valence-corrected chi connectivity index (χ4v) is 3.11. The minimum absolute atomic E-state index is 0.0149. The molecule has 1 unspecified atom stereocenters. The number of alkyl halides is 3. The molecule has 0 spiro atoms. The molecule has 2 N–H and O–H groups in total. The zero-order chi connectivity index (χ0) is 23.0. The number of nitrogens with one attached hydrogen (secondary N) is 2. The van der Waals surface area contributed by atoms with Crippen LogP contribution >= 0.6 is 23.4 Å². The van der Waals surface area contributed by atoms with Crippen LogP contribution in [0.2, 0.25) is 5.02 Å². The van der Waals surface area contributed by atoms with Crippen molar-refractivity contribution in [3.8, 4) is 0 Å². The summed E-state index contributed by atoms with van der Waals surface area (Å²) in [5.74, 6) is -1.48. The largest absolute Gasteiger partial charge is 0.416 e. The number of hydrogen-bond donors (Lipinski definition) is 2. The summed E-state index contributed by atoms with van der Waals surface area (Å²) in [6.45, 7) is 0. The number of hydrazone groups is 1. The Balaban J connectivity index is 2.07. The van der Waals surface area contributed by atoms with E-state index in [9.17, 15) is 27.2 Å². The van der Waals surface area contributed by atoms with Gasteiger partial charge in [0.2, 0.25) is 0 Å². The van der Waals surface area contributed by atoms with E-state index in [1.54, 1.807) is 0 Å². The summed E-state index contributed by atoms with van der Waals surface area (Å²) >= 11 is 7.32. The fourth-order valence-electron chi connectivity index (χ4n) is 2.43. The van der Waals surface area contributed by atoms with Crippen molar-refractivity contribution >= 4 is 41.4 Å². The van der Waals surface area contributed by atoms with Gasteiger partial charge in [-0.05, 0) is 54.8 Å². The Morgan fingerprint density at radius 2 is 1.87 bits per heavy atom. The number of nitrogens with zero attached hydrogens (tertiary/aromatic N) is 1. The normalized spacial score (nSPS) is 12.6. The molecule has 2 aromatic rings. The van der Waals surface area contributed by atoms with E-state index < -0.39 is 35.4 Å². The number of carbonyl (C=O) groups is 2. The summed E-state index contributed by atoms with van der Waals surface area (Å²) < 4.78 is 51.7. The van der Waals surface area contributed by atoms with Crippen LogP contribution < -0.4 is 10.7 Å². The van der Waals surface area contributed by atoms with Crippen LogP contribution in [0.25, 0.3) is 0 Å². The molecule has 0 aliphatic rings. The molecular weight excluding hydrogens is 458 g/mol. The maximum Gasteiger partial charge on any atom is 0.416 e. The summed E-state index contributed by atoms with van der Waals surface area (Å²) in [4.78, 5) is 24.8. The van der Waals surface area contributed by atoms with Gasteiger partial charge in [0.05, 0.1) is 16.8 Å². The lowest BCUT2D eigenvalue weighted by molar-refractivity contribution is -0.137. The highest BCUT2D eigenvalue weighted by Gasteiger charge is 2.30. The molecule has 0 bridgehead atoms. The van der Waals surface area contributed by atoms with E-state index in [2.05, 4.69) is 15.8 Å². The van der Waals surface area contributed by atoms with E-state index >= 15 is 0 Å². The molecule has 0 saturated heterocycles. The molecule has 0 fully saturated rings. The number of halogens is 5. The van der Waals surface area contributed by atoms with Crippen LogP contribution in [-0.2, 0) is 11.0 Å². The molecule has 11 heteroatoms. The van der Waals surface area contributed by atoms with Gasteiger partial charge in [0, 0.05) is 11.1 Å². The van der Waals surface area contributed by atoms with Crippen LogP contribution in [0, 0.1) is 5.82 Å². The topological polar surface area (TPSA) is 70.6 Å². The van der Waals surface area contributed by atoms with Crippen LogP contribution in [0.15, 0.2) is 47.6 Å². The molecule has 2 aromatic carbocycles. The van der Waals surface area contributed by atoms with Crippen molar-refractivity contribution in [2.75, 3.05) is 12.0 Å². The molecular formula is C20H18ClF4N3O2S. The number of carbonyl (C=O) groups excluding carboxylic acids is 2. The summed E-state index contributed by atoms with van der Waals surface area (Å²) in [6.07, 6.45) is -1.42. The highest BCUT2D eigenvalue weighted by Crippen LogP contribution is 2.29. The first-order valence-electron chi connectivity index (χ1n) is 8.87. The first-order chi connectivity index (χ1) is 14.6. The standard InChI is InChI=1S/C20H18ClF4N3O2S/c1-31-10-9-17(19(30)28-26-11-14-15(21)3-2-4-16(14)22)27-18(29)12-5-7-13(8-6-12)20(23,24)25/h2-8,11,17H,9-10H2,1H3,(H,27,29)(H,28,30)/b26-11-. The van der Waals surface area contributed by atoms with Crippen LogP contribution in [0.3, 0.4) is 0 Å².